The Morgan fingerprint density at radius 1 is 0.935 bits per heavy atom. The highest BCUT2D eigenvalue weighted by Gasteiger charge is 2.34. The van der Waals surface area contributed by atoms with Crippen molar-refractivity contribution < 1.29 is 18.0 Å². The van der Waals surface area contributed by atoms with Gasteiger partial charge in [-0.1, -0.05) is 6.07 Å². The molecule has 0 bridgehead atoms. The number of carbonyl (C=O) groups is 1. The number of pyridine rings is 1. The number of anilines is 2. The van der Waals surface area contributed by atoms with Gasteiger partial charge in [0.05, 0.1) is 0 Å². The molecule has 1 saturated heterocycles. The summed E-state index contributed by atoms with van der Waals surface area (Å²) in [5.74, 6) is -0.342. The number of primary amides is 1. The van der Waals surface area contributed by atoms with Gasteiger partial charge in [-0.3, -0.25) is 9.78 Å². The number of carbonyl (C=O) groups excluding carboxylic acids is 1. The van der Waals surface area contributed by atoms with Crippen molar-refractivity contribution in [2.75, 3.05) is 36.0 Å². The molecule has 1 amide bonds. The van der Waals surface area contributed by atoms with E-state index < -0.39 is 17.8 Å². The van der Waals surface area contributed by atoms with Crippen LogP contribution in [0.25, 0.3) is 11.5 Å². The molecule has 1 aliphatic heterocycles. The highest BCUT2D eigenvalue weighted by Crippen LogP contribution is 2.32. The number of rotatable bonds is 4. The van der Waals surface area contributed by atoms with Gasteiger partial charge in [0.15, 0.2) is 11.5 Å². The molecule has 31 heavy (non-hydrogen) atoms. The van der Waals surface area contributed by atoms with Crippen molar-refractivity contribution in [1.29, 1.82) is 0 Å². The molecule has 1 aliphatic rings. The van der Waals surface area contributed by atoms with Crippen molar-refractivity contribution in [2.24, 2.45) is 5.73 Å². The third-order valence-corrected chi connectivity index (χ3v) is 5.02. The Hall–Kier alpha value is -3.69. The van der Waals surface area contributed by atoms with Crippen LogP contribution in [-0.2, 0) is 6.18 Å². The fourth-order valence-corrected chi connectivity index (χ4v) is 3.38. The molecule has 0 saturated carbocycles. The smallest absolute Gasteiger partial charge is 0.368 e. The van der Waals surface area contributed by atoms with Gasteiger partial charge >= 0.3 is 6.18 Å². The quantitative estimate of drug-likeness (QED) is 0.688. The number of nitrogens with two attached hydrogens (primary N) is 1. The number of hydrogen-bond acceptors (Lipinski definition) is 6. The number of nitrogens with zero attached hydrogens (tertiary/aromatic N) is 5. The Kier molecular flexibility index (Phi) is 5.45. The van der Waals surface area contributed by atoms with Crippen LogP contribution in [0.5, 0.6) is 0 Å². The van der Waals surface area contributed by atoms with Crippen molar-refractivity contribution in [1.82, 2.24) is 15.0 Å². The molecule has 0 aliphatic carbocycles. The second-order valence-corrected chi connectivity index (χ2v) is 7.03. The van der Waals surface area contributed by atoms with E-state index in [1.165, 1.54) is 6.20 Å². The number of benzene rings is 1. The molecule has 3 heterocycles. The predicted octanol–water partition coefficient (Wildman–Crippen LogP) is 2.98. The molecule has 2 aromatic heterocycles. The van der Waals surface area contributed by atoms with Crippen molar-refractivity contribution in [3.8, 4) is 11.5 Å². The lowest BCUT2D eigenvalue weighted by Crippen LogP contribution is -2.47. The number of aromatic nitrogens is 3. The lowest BCUT2D eigenvalue weighted by Gasteiger charge is -2.37. The van der Waals surface area contributed by atoms with Gasteiger partial charge in [-0.05, 0) is 36.4 Å². The van der Waals surface area contributed by atoms with Crippen LogP contribution in [0.1, 0.15) is 16.1 Å². The third-order valence-electron chi connectivity index (χ3n) is 5.02. The minimum absolute atomic E-state index is 0.0603. The summed E-state index contributed by atoms with van der Waals surface area (Å²) in [7, 11) is 0. The summed E-state index contributed by atoms with van der Waals surface area (Å²) in [4.78, 5) is 27.2. The predicted molar refractivity (Wildman–Crippen MR) is 110 cm³/mol. The fraction of sp³-hybridized carbons (Fsp3) is 0.238. The molecule has 160 valence electrons. The zero-order valence-corrected chi connectivity index (χ0v) is 16.4. The van der Waals surface area contributed by atoms with Gasteiger partial charge < -0.3 is 15.5 Å². The molecule has 7 nitrogen and oxygen atoms in total. The lowest BCUT2D eigenvalue weighted by atomic mass is 10.1. The van der Waals surface area contributed by atoms with E-state index in [9.17, 15) is 18.0 Å². The molecule has 0 spiro atoms. The zero-order chi connectivity index (χ0) is 22.0. The summed E-state index contributed by atoms with van der Waals surface area (Å²) in [5.41, 5.74) is 5.88. The van der Waals surface area contributed by atoms with Crippen LogP contribution < -0.4 is 15.5 Å². The van der Waals surface area contributed by atoms with Crippen LogP contribution in [0.15, 0.2) is 54.7 Å². The summed E-state index contributed by atoms with van der Waals surface area (Å²) >= 11 is 0. The topological polar surface area (TPSA) is 88.2 Å². The molecule has 10 heteroatoms. The van der Waals surface area contributed by atoms with Gasteiger partial charge in [0.25, 0.3) is 0 Å². The van der Waals surface area contributed by atoms with Crippen LogP contribution in [0.4, 0.5) is 24.7 Å². The van der Waals surface area contributed by atoms with Crippen LogP contribution in [0.2, 0.25) is 0 Å². The SMILES string of the molecule is NC(=O)c1ccc(N2CCN(c3cc(C(F)(F)F)nc(-c4ccccn4)n3)CC2)cc1. The van der Waals surface area contributed by atoms with Gasteiger partial charge in [0.1, 0.15) is 11.5 Å². The number of halogens is 3. The molecule has 2 N–H and O–H groups in total. The summed E-state index contributed by atoms with van der Waals surface area (Å²) in [6.07, 6.45) is -3.11. The first-order valence-electron chi connectivity index (χ1n) is 9.59. The second kappa shape index (κ2) is 8.21. The molecule has 1 fully saturated rings. The lowest BCUT2D eigenvalue weighted by molar-refractivity contribution is -0.141. The first kappa shape index (κ1) is 20.6. The minimum Gasteiger partial charge on any atom is -0.368 e. The molecule has 4 rings (SSSR count). The Bertz CT molecular complexity index is 1060. The van der Waals surface area contributed by atoms with Crippen LogP contribution >= 0.6 is 0 Å². The van der Waals surface area contributed by atoms with E-state index in [0.717, 1.165) is 11.8 Å². The van der Waals surface area contributed by atoms with E-state index >= 15 is 0 Å². The molecule has 3 aromatic rings. The average molecular weight is 428 g/mol. The number of hydrogen-bond donors (Lipinski definition) is 1. The Morgan fingerprint density at radius 3 is 2.19 bits per heavy atom. The third kappa shape index (κ3) is 4.57. The van der Waals surface area contributed by atoms with Crippen LogP contribution in [0, 0.1) is 0 Å². The van der Waals surface area contributed by atoms with Crippen LogP contribution in [-0.4, -0.2) is 47.0 Å². The maximum absolute atomic E-state index is 13.4. The molecular formula is C21H19F3N6O. The largest absolute Gasteiger partial charge is 0.433 e. The van der Waals surface area contributed by atoms with E-state index in [2.05, 4.69) is 19.9 Å². The van der Waals surface area contributed by atoms with Crippen molar-refractivity contribution in [3.63, 3.8) is 0 Å². The summed E-state index contributed by atoms with van der Waals surface area (Å²) in [5, 5.41) is 0. The molecule has 0 radical (unpaired) electrons. The fourth-order valence-electron chi connectivity index (χ4n) is 3.38. The highest BCUT2D eigenvalue weighted by atomic mass is 19.4. The van der Waals surface area contributed by atoms with E-state index in [1.807, 2.05) is 0 Å². The summed E-state index contributed by atoms with van der Waals surface area (Å²) in [6, 6.07) is 12.8. The number of alkyl halides is 3. The molecule has 0 unspecified atom stereocenters. The Morgan fingerprint density at radius 2 is 1.61 bits per heavy atom. The van der Waals surface area contributed by atoms with E-state index in [0.29, 0.717) is 31.7 Å². The van der Waals surface area contributed by atoms with Crippen molar-refractivity contribution in [3.05, 3.63) is 66.0 Å². The maximum Gasteiger partial charge on any atom is 0.433 e. The standard InChI is InChI=1S/C21H19F3N6O/c22-21(23,24)17-13-18(28-20(27-17)16-3-1-2-8-26-16)30-11-9-29(10-12-30)15-6-4-14(5-7-15)19(25)31/h1-8,13H,9-12H2,(H2,25,31). The van der Waals surface area contributed by atoms with Gasteiger partial charge in [-0.25, -0.2) is 9.97 Å². The van der Waals surface area contributed by atoms with Crippen molar-refractivity contribution >= 4 is 17.4 Å². The molecule has 1 aromatic carbocycles. The van der Waals surface area contributed by atoms with Gasteiger partial charge in [0.2, 0.25) is 5.91 Å². The maximum atomic E-state index is 13.4. The van der Waals surface area contributed by atoms with E-state index in [-0.39, 0.29) is 17.3 Å². The first-order valence-corrected chi connectivity index (χ1v) is 9.59. The number of amides is 1. The normalized spacial score (nSPS) is 14.5. The van der Waals surface area contributed by atoms with Crippen LogP contribution in [0.3, 0.4) is 0 Å². The highest BCUT2D eigenvalue weighted by molar-refractivity contribution is 5.93. The van der Waals surface area contributed by atoms with Gasteiger partial charge in [0, 0.05) is 49.7 Å². The second-order valence-electron chi connectivity index (χ2n) is 7.03. The zero-order valence-electron chi connectivity index (χ0n) is 16.4. The van der Waals surface area contributed by atoms with Gasteiger partial charge in [-0.2, -0.15) is 13.2 Å². The summed E-state index contributed by atoms with van der Waals surface area (Å²) in [6.45, 7) is 2.13. The summed E-state index contributed by atoms with van der Waals surface area (Å²) < 4.78 is 40.3. The first-order chi connectivity index (χ1) is 14.8. The van der Waals surface area contributed by atoms with Crippen molar-refractivity contribution in [2.45, 2.75) is 6.18 Å². The van der Waals surface area contributed by atoms with E-state index in [4.69, 9.17) is 5.73 Å². The minimum atomic E-state index is -4.59. The van der Waals surface area contributed by atoms with E-state index in [1.54, 1.807) is 47.4 Å². The number of piperazine rings is 1. The monoisotopic (exact) mass is 428 g/mol. The average Bonchev–Trinajstić information content (AvgIpc) is 2.79. The Balaban J connectivity index is 1.55. The van der Waals surface area contributed by atoms with Gasteiger partial charge in [-0.15, -0.1) is 0 Å². The Labute approximate surface area is 176 Å². The molecular weight excluding hydrogens is 409 g/mol. The molecule has 0 atom stereocenters.